The van der Waals surface area contributed by atoms with Crippen LogP contribution in [0.4, 0.5) is 0 Å². The lowest BCUT2D eigenvalue weighted by Gasteiger charge is -1.96. The van der Waals surface area contributed by atoms with E-state index < -0.39 is 0 Å². The Kier molecular flexibility index (Phi) is 6.58. The Balaban J connectivity index is 3.76. The predicted molar refractivity (Wildman–Crippen MR) is 56.7 cm³/mol. The monoisotopic (exact) mass is 177 g/mol. The quantitative estimate of drug-likeness (QED) is 0.273. The third-order valence-electron chi connectivity index (χ3n) is 1.45. The van der Waals surface area contributed by atoms with E-state index in [9.17, 15) is 0 Å². The van der Waals surface area contributed by atoms with Gasteiger partial charge in [-0.25, -0.2) is 0 Å². The predicted octanol–water partition coefficient (Wildman–Crippen LogP) is 2.19. The summed E-state index contributed by atoms with van der Waals surface area (Å²) in [6.45, 7) is 13.5. The normalized spacial score (nSPS) is 8.38. The van der Waals surface area contributed by atoms with Gasteiger partial charge in [0.25, 0.3) is 0 Å². The van der Waals surface area contributed by atoms with E-state index in [1.165, 1.54) is 0 Å². The zero-order chi connectivity index (χ0) is 10.1. The lowest BCUT2D eigenvalue weighted by atomic mass is 10.1. The number of hydrogen-bond donors (Lipinski definition) is 0. The molecule has 0 aromatic heterocycles. The molecule has 0 N–H and O–H groups in total. The Hall–Kier alpha value is -1.33. The van der Waals surface area contributed by atoms with Gasteiger partial charge in [-0.15, -0.1) is 0 Å². The summed E-state index contributed by atoms with van der Waals surface area (Å²) in [5, 5.41) is 0. The van der Waals surface area contributed by atoms with E-state index in [2.05, 4.69) is 36.7 Å². The largest absolute Gasteiger partial charge is 0.347 e. The Morgan fingerprint density at radius 3 is 2.69 bits per heavy atom. The minimum Gasteiger partial charge on any atom is -0.347 e. The lowest BCUT2D eigenvalue weighted by molar-refractivity contribution is 0.177. The second kappa shape index (κ2) is 7.33. The van der Waals surface area contributed by atoms with E-state index in [1.807, 2.05) is 6.92 Å². The molecule has 2 heteroatoms. The maximum Gasteiger partial charge on any atom is 0.138 e. The van der Waals surface area contributed by atoms with Crippen LogP contribution in [0.5, 0.6) is 0 Å². The maximum absolute atomic E-state index is 4.97. The SMILES string of the molecule is C=NCOCC#CC(=C)C(=C)CC. The van der Waals surface area contributed by atoms with Crippen molar-refractivity contribution in [3.8, 4) is 11.8 Å². The minimum absolute atomic E-state index is 0.288. The van der Waals surface area contributed by atoms with Crippen LogP contribution in [0.1, 0.15) is 13.3 Å². The number of rotatable bonds is 5. The molecular weight excluding hydrogens is 162 g/mol. The Bertz CT molecular complexity index is 255. The van der Waals surface area contributed by atoms with E-state index in [-0.39, 0.29) is 6.73 Å². The average Bonchev–Trinajstić information content (AvgIpc) is 2.16. The zero-order valence-corrected chi connectivity index (χ0v) is 8.10. The molecule has 0 rings (SSSR count). The van der Waals surface area contributed by atoms with Crippen molar-refractivity contribution in [3.63, 3.8) is 0 Å². The second-order valence-electron chi connectivity index (χ2n) is 2.44. The molecule has 70 valence electrons. The fourth-order valence-electron chi connectivity index (χ4n) is 0.606. The smallest absolute Gasteiger partial charge is 0.138 e. The number of allylic oxidation sites excluding steroid dienone is 2. The summed E-state index contributed by atoms with van der Waals surface area (Å²) in [6.07, 6.45) is 0.878. The van der Waals surface area contributed by atoms with Crippen LogP contribution in [0.25, 0.3) is 0 Å². The first-order chi connectivity index (χ1) is 6.22. The molecule has 0 aliphatic rings. The van der Waals surface area contributed by atoms with Gasteiger partial charge >= 0.3 is 0 Å². The molecule has 0 spiro atoms. The second-order valence-corrected chi connectivity index (χ2v) is 2.44. The molecule has 0 radical (unpaired) electrons. The van der Waals surface area contributed by atoms with E-state index in [4.69, 9.17) is 4.74 Å². The summed E-state index contributed by atoms with van der Waals surface area (Å²) in [6, 6.07) is 0. The van der Waals surface area contributed by atoms with Crippen LogP contribution >= 0.6 is 0 Å². The van der Waals surface area contributed by atoms with E-state index in [0.29, 0.717) is 6.61 Å². The highest BCUT2D eigenvalue weighted by Gasteiger charge is 1.90. The zero-order valence-electron chi connectivity index (χ0n) is 8.10. The number of hydrogen-bond acceptors (Lipinski definition) is 2. The number of nitrogens with zero attached hydrogens (tertiary/aromatic N) is 1. The van der Waals surface area contributed by atoms with Crippen molar-refractivity contribution in [1.82, 2.24) is 0 Å². The summed E-state index contributed by atoms with van der Waals surface area (Å²) >= 11 is 0. The fourth-order valence-corrected chi connectivity index (χ4v) is 0.606. The van der Waals surface area contributed by atoms with Crippen molar-refractivity contribution in [3.05, 3.63) is 24.3 Å². The Labute approximate surface area is 80.0 Å². The van der Waals surface area contributed by atoms with Crippen LogP contribution in [0, 0.1) is 11.8 Å². The van der Waals surface area contributed by atoms with Gasteiger partial charge in [-0.3, -0.25) is 4.99 Å². The first kappa shape index (κ1) is 11.7. The van der Waals surface area contributed by atoms with Crippen molar-refractivity contribution in [2.45, 2.75) is 13.3 Å². The van der Waals surface area contributed by atoms with Crippen LogP contribution in [0.15, 0.2) is 29.3 Å². The molecule has 2 nitrogen and oxygen atoms in total. The summed E-state index contributed by atoms with van der Waals surface area (Å²) in [4.78, 5) is 3.52. The third kappa shape index (κ3) is 5.89. The average molecular weight is 177 g/mol. The molecule has 0 aromatic rings. The maximum atomic E-state index is 4.97. The van der Waals surface area contributed by atoms with Crippen molar-refractivity contribution >= 4 is 6.72 Å². The number of aliphatic imine (C=N–C) groups is 1. The highest BCUT2D eigenvalue weighted by atomic mass is 16.5. The van der Waals surface area contributed by atoms with Crippen LogP contribution in [-0.4, -0.2) is 20.1 Å². The molecule has 0 amide bonds. The van der Waals surface area contributed by atoms with Crippen LogP contribution < -0.4 is 0 Å². The van der Waals surface area contributed by atoms with Gasteiger partial charge < -0.3 is 4.74 Å². The topological polar surface area (TPSA) is 21.6 Å². The van der Waals surface area contributed by atoms with Crippen LogP contribution in [0.2, 0.25) is 0 Å². The molecule has 0 aliphatic carbocycles. The third-order valence-corrected chi connectivity index (χ3v) is 1.45. The van der Waals surface area contributed by atoms with Gasteiger partial charge in [-0.05, 0) is 18.7 Å². The Morgan fingerprint density at radius 1 is 1.46 bits per heavy atom. The number of ether oxygens (including phenoxy) is 1. The molecule has 0 atom stereocenters. The summed E-state index contributed by atoms with van der Waals surface area (Å²) in [5.74, 6) is 5.68. The van der Waals surface area contributed by atoms with Gasteiger partial charge in [0.15, 0.2) is 0 Å². The van der Waals surface area contributed by atoms with Crippen molar-refractivity contribution < 1.29 is 4.74 Å². The van der Waals surface area contributed by atoms with E-state index in [1.54, 1.807) is 0 Å². The molecule has 0 saturated carbocycles. The molecular formula is C11H15NO. The lowest BCUT2D eigenvalue weighted by Crippen LogP contribution is -1.90. The van der Waals surface area contributed by atoms with Gasteiger partial charge in [0.1, 0.15) is 13.3 Å². The molecule has 0 aliphatic heterocycles. The van der Waals surface area contributed by atoms with Gasteiger partial charge in [0.05, 0.1) is 0 Å². The minimum atomic E-state index is 0.288. The van der Waals surface area contributed by atoms with Gasteiger partial charge in [0.2, 0.25) is 0 Å². The van der Waals surface area contributed by atoms with Gasteiger partial charge in [0, 0.05) is 5.57 Å². The van der Waals surface area contributed by atoms with Gasteiger partial charge in [-0.2, -0.15) is 0 Å². The van der Waals surface area contributed by atoms with Crippen molar-refractivity contribution in [2.75, 3.05) is 13.3 Å². The first-order valence-electron chi connectivity index (χ1n) is 4.08. The van der Waals surface area contributed by atoms with Gasteiger partial charge in [-0.1, -0.05) is 31.9 Å². The molecule has 0 fully saturated rings. The summed E-state index contributed by atoms with van der Waals surface area (Å²) < 4.78 is 4.97. The first-order valence-corrected chi connectivity index (χ1v) is 4.08. The molecule has 0 unspecified atom stereocenters. The standard InChI is InChI=1S/C11H15NO/c1-5-10(2)11(3)7-6-8-13-9-12-4/h2-5,8-9H2,1H3. The molecule has 0 aromatic carbocycles. The molecule has 0 saturated heterocycles. The van der Waals surface area contributed by atoms with E-state index >= 15 is 0 Å². The summed E-state index contributed by atoms with van der Waals surface area (Å²) in [5.41, 5.74) is 1.74. The molecule has 0 heterocycles. The molecule has 13 heavy (non-hydrogen) atoms. The highest BCUT2D eigenvalue weighted by Crippen LogP contribution is 2.06. The van der Waals surface area contributed by atoms with Crippen molar-refractivity contribution in [1.29, 1.82) is 0 Å². The molecule has 0 bridgehead atoms. The Morgan fingerprint density at radius 2 is 2.15 bits per heavy atom. The highest BCUT2D eigenvalue weighted by molar-refractivity contribution is 5.41. The van der Waals surface area contributed by atoms with Crippen molar-refractivity contribution in [2.24, 2.45) is 4.99 Å². The van der Waals surface area contributed by atoms with Crippen LogP contribution in [-0.2, 0) is 4.74 Å². The fraction of sp³-hybridized carbons (Fsp3) is 0.364. The van der Waals surface area contributed by atoms with E-state index in [0.717, 1.165) is 17.6 Å². The van der Waals surface area contributed by atoms with Crippen LogP contribution in [0.3, 0.4) is 0 Å². The summed E-state index contributed by atoms with van der Waals surface area (Å²) in [7, 11) is 0.